The van der Waals surface area contributed by atoms with Crippen molar-refractivity contribution < 1.29 is 76.9 Å². The third-order valence-corrected chi connectivity index (χ3v) is 30.2. The number of alkyl halides is 2. The summed E-state index contributed by atoms with van der Waals surface area (Å²) in [5.41, 5.74) is 8.98. The van der Waals surface area contributed by atoms with Crippen LogP contribution in [-0.2, 0) is 57.1 Å². The molecule has 0 amide bonds. The van der Waals surface area contributed by atoms with Gasteiger partial charge in [-0.1, -0.05) is 188 Å². The first-order valence-corrected chi connectivity index (χ1v) is 51.4. The van der Waals surface area contributed by atoms with Crippen LogP contribution >= 0.6 is 166 Å². The molecule has 8 aromatic carbocycles. The topological polar surface area (TPSA) is 108 Å². The number of carbonyl (C=O) groups is 1. The standard InChI is InChI=1S/C21H24FO3PS.C14H19O3PS.C10H9BrS.C10H10OS.C10H8OS.C9H8S.C7H6BrF.3CH4.B.Br3P.Na.H/c1-4-24-26(23,25-5-2)19(14-16-10-12-17(22)13-11-16)21-15(3)18-8-6-7-9-20(18)27-21;1-4-16-18(15,17-5-2)10-14-11(3)12-8-6-7-9-13(12)19-14;3*1-7-8-4-2-3-5-9(8)12-10(7)6-11;1-7-6-10-9-5-3-2-4-8(7)9;8-5-6-1-3-7(9)4-2-6;;;;;1-4(2)3;;/h6-13,19H,4-5,14H2,1-3H3;6-9H,4-5,10H2,1-3H3;2-5H,6H2,1H3;2-5,11H,6H2,1H3;2-6H,1H3;2-6H,1H3;1-4H,5H2;3*1H4;;;;/q;;;;;;;;;;;;+1;-1. The van der Waals surface area contributed by atoms with Crippen molar-refractivity contribution in [2.24, 2.45) is 0 Å². The molecule has 0 aliphatic heterocycles. The fraction of sp³-hybridized carbons (Fsp3) is 0.274. The minimum absolute atomic E-state index is 0. The molecular formula is C84H97BBr5F2NaO8P3S6. The third-order valence-electron chi connectivity index (χ3n) is 16.3. The summed E-state index contributed by atoms with van der Waals surface area (Å²) in [4.78, 5) is 16.1. The molecular weight excluding hydrogens is 1890 g/mol. The Hall–Kier alpha value is -2.80. The number of hydrogen-bond acceptors (Lipinski definition) is 14. The number of benzene rings is 8. The second-order valence-electron chi connectivity index (χ2n) is 23.2. The van der Waals surface area contributed by atoms with Gasteiger partial charge in [0, 0.05) is 66.8 Å². The summed E-state index contributed by atoms with van der Waals surface area (Å²) in [5, 5.41) is 20.6. The van der Waals surface area contributed by atoms with E-state index >= 15 is 0 Å². The van der Waals surface area contributed by atoms with Crippen LogP contribution in [0.25, 0.3) is 60.5 Å². The molecule has 0 saturated carbocycles. The van der Waals surface area contributed by atoms with E-state index in [1.807, 2.05) is 125 Å². The summed E-state index contributed by atoms with van der Waals surface area (Å²) >= 11 is 26.5. The second-order valence-corrected chi connectivity index (χ2v) is 50.4. The molecule has 1 atom stereocenters. The van der Waals surface area contributed by atoms with Crippen molar-refractivity contribution in [2.75, 3.05) is 26.4 Å². The van der Waals surface area contributed by atoms with Crippen molar-refractivity contribution >= 4 is 241 Å². The molecule has 0 bridgehead atoms. The van der Waals surface area contributed by atoms with E-state index < -0.39 is 20.9 Å². The average Bonchev–Trinajstić information content (AvgIpc) is 1.66. The van der Waals surface area contributed by atoms with Gasteiger partial charge in [0.25, 0.3) is 0 Å². The summed E-state index contributed by atoms with van der Waals surface area (Å²) < 4.78 is 81.4. The van der Waals surface area contributed by atoms with Crippen molar-refractivity contribution in [1.82, 2.24) is 0 Å². The zero-order valence-electron chi connectivity index (χ0n) is 62.4. The predicted molar refractivity (Wildman–Crippen MR) is 501 cm³/mol. The van der Waals surface area contributed by atoms with Gasteiger partial charge in [-0.25, -0.2) is 8.78 Å². The number of thiophene rings is 6. The van der Waals surface area contributed by atoms with Gasteiger partial charge in [0.1, 0.15) is 15.7 Å². The van der Waals surface area contributed by atoms with Gasteiger partial charge in [0.15, 0.2) is 6.29 Å². The van der Waals surface area contributed by atoms with E-state index in [2.05, 4.69) is 196 Å². The van der Waals surface area contributed by atoms with E-state index in [0.29, 0.717) is 39.0 Å². The van der Waals surface area contributed by atoms with Gasteiger partial charge < -0.3 is 24.6 Å². The summed E-state index contributed by atoms with van der Waals surface area (Å²) in [7, 11) is -6.41. The molecule has 6 heterocycles. The number of carbonyl (C=O) groups excluding carboxylic acids is 1. The molecule has 0 aliphatic rings. The molecule has 6 aromatic heterocycles. The predicted octanol–water partition coefficient (Wildman–Crippen LogP) is 29.7. The van der Waals surface area contributed by atoms with Crippen LogP contribution in [0, 0.1) is 53.2 Å². The molecule has 8 nitrogen and oxygen atoms in total. The first-order chi connectivity index (χ1) is 50.5. The number of rotatable bonds is 18. The van der Waals surface area contributed by atoms with E-state index in [1.54, 1.807) is 69.6 Å². The Kier molecular flexibility index (Phi) is 49.6. The first kappa shape index (κ1) is 103. The van der Waals surface area contributed by atoms with Crippen molar-refractivity contribution in [3.63, 3.8) is 0 Å². The van der Waals surface area contributed by atoms with Crippen LogP contribution in [0.2, 0.25) is 0 Å². The maximum atomic E-state index is 13.7. The van der Waals surface area contributed by atoms with Crippen LogP contribution in [0.4, 0.5) is 8.78 Å². The van der Waals surface area contributed by atoms with Gasteiger partial charge in [-0.15, -0.1) is 68.0 Å². The molecule has 14 rings (SSSR count). The third kappa shape index (κ3) is 30.0. The van der Waals surface area contributed by atoms with Gasteiger partial charge in [0.05, 0.1) is 49.7 Å². The average molecular weight is 1990 g/mol. The number of aliphatic hydroxyl groups is 1. The molecule has 26 heteroatoms. The van der Waals surface area contributed by atoms with E-state index in [0.717, 1.165) is 68.8 Å². The summed E-state index contributed by atoms with van der Waals surface area (Å²) in [6.07, 6.45) is 1.76. The molecule has 3 radical (unpaired) electrons. The number of halogens is 7. The Balaban J connectivity index is 0.000000656. The monoisotopic (exact) mass is 1990 g/mol. The van der Waals surface area contributed by atoms with E-state index in [-0.39, 0.29) is 83.9 Å². The Morgan fingerprint density at radius 1 is 0.464 bits per heavy atom. The maximum Gasteiger partial charge on any atom is 1.00 e. The normalized spacial score (nSPS) is 10.9. The zero-order chi connectivity index (χ0) is 76.2. The van der Waals surface area contributed by atoms with Crippen LogP contribution in [0.1, 0.15) is 131 Å². The minimum atomic E-state index is -3.39. The van der Waals surface area contributed by atoms with Gasteiger partial charge in [-0.2, -0.15) is 0 Å². The molecule has 0 aliphatic carbocycles. The van der Waals surface area contributed by atoms with Crippen LogP contribution in [0.15, 0.2) is 200 Å². The quantitative estimate of drug-likeness (QED) is 0.0392. The van der Waals surface area contributed by atoms with Crippen molar-refractivity contribution in [3.8, 4) is 0 Å². The van der Waals surface area contributed by atoms with Crippen molar-refractivity contribution in [1.29, 1.82) is 0 Å². The second kappa shape index (κ2) is 52.8. The molecule has 0 fully saturated rings. The number of hydrogen-bond donors (Lipinski definition) is 1. The summed E-state index contributed by atoms with van der Waals surface area (Å²) in [5.74, 6) is -0.467. The smallest absolute Gasteiger partial charge is 1.00 e. The van der Waals surface area contributed by atoms with E-state index in [9.17, 15) is 22.7 Å². The number of fused-ring (bicyclic) bond motifs is 6. The largest absolute Gasteiger partial charge is 1.00 e. The van der Waals surface area contributed by atoms with Crippen molar-refractivity contribution in [2.45, 2.75) is 127 Å². The molecule has 1 unspecified atom stereocenters. The Morgan fingerprint density at radius 2 is 0.809 bits per heavy atom. The van der Waals surface area contributed by atoms with Gasteiger partial charge in [0.2, 0.25) is 0 Å². The number of aryl methyl sites for hydroxylation is 6. The first-order valence-electron chi connectivity index (χ1n) is 33.5. The van der Waals surface area contributed by atoms with Gasteiger partial charge >= 0.3 is 44.7 Å². The molecule has 0 saturated heterocycles. The van der Waals surface area contributed by atoms with Crippen LogP contribution < -0.4 is 29.6 Å². The number of aliphatic hydroxyl groups excluding tert-OH is 1. The van der Waals surface area contributed by atoms with E-state index in [4.69, 9.17) is 23.2 Å². The minimum Gasteiger partial charge on any atom is -1.00 e. The molecule has 1 N–H and O–H groups in total. The Morgan fingerprint density at radius 3 is 1.18 bits per heavy atom. The van der Waals surface area contributed by atoms with Gasteiger partial charge in [-0.3, -0.25) is 13.9 Å². The SMILES string of the molecule is BrP(Br)Br.C.C.C.CCOP(=O)(Cc1sc2ccccc2c1C)OCC.CCOP(=O)(OCC)C(Cc1ccc(F)cc1)c1sc2ccccc2c1C.Cc1c(C=O)sc2ccccc12.Cc1c(CBr)sc2ccccc12.Cc1c(CO)sc2ccccc12.Cc1csc2ccccc12.Fc1ccc(CBr)cc1.[B].[H-].[Na+]. The molecule has 0 spiro atoms. The van der Waals surface area contributed by atoms with Gasteiger partial charge in [-0.05, 0) is 265 Å². The molecule has 585 valence electrons. The number of aldehydes is 1. The van der Waals surface area contributed by atoms with Crippen LogP contribution in [0.5, 0.6) is 0 Å². The van der Waals surface area contributed by atoms with Crippen LogP contribution in [0.3, 0.4) is 0 Å². The zero-order valence-corrected chi connectivity index (χ0v) is 78.9. The molecule has 110 heavy (non-hydrogen) atoms. The summed E-state index contributed by atoms with van der Waals surface area (Å²) in [6, 6.07) is 62.5. The molecule has 14 aromatic rings. The Bertz CT molecular complexity index is 5040. The summed E-state index contributed by atoms with van der Waals surface area (Å²) in [6.45, 7) is 21.4. The Labute approximate surface area is 742 Å². The van der Waals surface area contributed by atoms with E-state index in [1.165, 1.54) is 102 Å². The maximum absolute atomic E-state index is 13.7. The fourth-order valence-corrected chi connectivity index (χ4v) is 23.5. The van der Waals surface area contributed by atoms with Crippen LogP contribution in [-0.4, -0.2) is 46.2 Å². The fourth-order valence-electron chi connectivity index (χ4n) is 11.1. The van der Waals surface area contributed by atoms with Crippen molar-refractivity contribution in [3.05, 3.63) is 280 Å².